The molecule has 2 heterocycles. The van der Waals surface area contributed by atoms with E-state index in [2.05, 4.69) is 43.0 Å². The van der Waals surface area contributed by atoms with Crippen molar-refractivity contribution in [3.8, 4) is 0 Å². The summed E-state index contributed by atoms with van der Waals surface area (Å²) in [5.74, 6) is 0. The van der Waals surface area contributed by atoms with Crippen LogP contribution in [0.3, 0.4) is 0 Å². The lowest BCUT2D eigenvalue weighted by molar-refractivity contribution is -0.0928. The lowest BCUT2D eigenvalue weighted by Crippen LogP contribution is -2.52. The van der Waals surface area contributed by atoms with Crippen LogP contribution in [-0.4, -0.2) is 60.5 Å². The molecule has 1 aromatic rings. The third-order valence-electron chi connectivity index (χ3n) is 4.03. The number of aryl methyl sites for hydroxylation is 1. The summed E-state index contributed by atoms with van der Waals surface area (Å²) < 4.78 is 5.74. The first kappa shape index (κ1) is 17.2. The highest BCUT2D eigenvalue weighted by Gasteiger charge is 2.33. The van der Waals surface area contributed by atoms with Crippen LogP contribution >= 0.6 is 0 Å². The molecule has 1 aromatic heterocycles. The van der Waals surface area contributed by atoms with Gasteiger partial charge >= 0.3 is 0 Å². The molecule has 0 saturated carbocycles. The van der Waals surface area contributed by atoms with Crippen molar-refractivity contribution < 1.29 is 9.84 Å². The predicted molar refractivity (Wildman–Crippen MR) is 89.3 cm³/mol. The number of hydrogen-bond acceptors (Lipinski definition) is 5. The van der Waals surface area contributed by atoms with Crippen molar-refractivity contribution in [3.05, 3.63) is 23.5 Å². The Morgan fingerprint density at radius 2 is 2.14 bits per heavy atom. The number of hydrogen-bond donors (Lipinski definition) is 1. The molecule has 0 radical (unpaired) electrons. The van der Waals surface area contributed by atoms with Gasteiger partial charge in [0.2, 0.25) is 0 Å². The van der Waals surface area contributed by atoms with E-state index in [4.69, 9.17) is 9.72 Å². The molecule has 124 valence electrons. The lowest BCUT2D eigenvalue weighted by Gasteiger charge is -2.40. The highest BCUT2D eigenvalue weighted by Crippen LogP contribution is 2.26. The van der Waals surface area contributed by atoms with E-state index in [0.29, 0.717) is 13.2 Å². The van der Waals surface area contributed by atoms with E-state index in [1.807, 2.05) is 0 Å². The zero-order valence-corrected chi connectivity index (χ0v) is 14.5. The summed E-state index contributed by atoms with van der Waals surface area (Å²) in [7, 11) is 4.12. The highest BCUT2D eigenvalue weighted by atomic mass is 16.5. The Balaban J connectivity index is 2.26. The minimum Gasteiger partial charge on any atom is -0.388 e. The van der Waals surface area contributed by atoms with E-state index in [-0.39, 0.29) is 6.10 Å². The third-order valence-corrected chi connectivity index (χ3v) is 4.03. The number of aromatic nitrogens is 1. The van der Waals surface area contributed by atoms with Crippen LogP contribution in [-0.2, 0) is 17.7 Å². The molecular weight excluding hydrogens is 278 g/mol. The van der Waals surface area contributed by atoms with Gasteiger partial charge in [0.25, 0.3) is 0 Å². The maximum absolute atomic E-state index is 10.2. The van der Waals surface area contributed by atoms with E-state index in [1.54, 1.807) is 13.8 Å². The molecule has 1 saturated heterocycles. The second-order valence-corrected chi connectivity index (χ2v) is 6.82. The van der Waals surface area contributed by atoms with Gasteiger partial charge in [0, 0.05) is 25.3 Å². The van der Waals surface area contributed by atoms with Crippen molar-refractivity contribution in [2.24, 2.45) is 0 Å². The number of ether oxygens (including phenoxy) is 1. The number of pyridine rings is 1. The van der Waals surface area contributed by atoms with Crippen LogP contribution in [0.5, 0.6) is 0 Å². The Kier molecular flexibility index (Phi) is 5.42. The minimum absolute atomic E-state index is 0.181. The molecule has 1 atom stereocenters. The van der Waals surface area contributed by atoms with Crippen molar-refractivity contribution in [1.29, 1.82) is 0 Å². The lowest BCUT2D eigenvalue weighted by atomic mass is 10.00. The SMILES string of the molecule is CCc1ccc(N2CCOC(C(C)(C)O)C2)c(CN(C)C)n1. The zero-order valence-electron chi connectivity index (χ0n) is 14.5. The molecule has 5 heteroatoms. The monoisotopic (exact) mass is 307 g/mol. The number of nitrogens with zero attached hydrogens (tertiary/aromatic N) is 3. The number of anilines is 1. The summed E-state index contributed by atoms with van der Waals surface area (Å²) in [5.41, 5.74) is 2.54. The fraction of sp³-hybridized carbons (Fsp3) is 0.706. The van der Waals surface area contributed by atoms with Crippen LogP contribution in [0.4, 0.5) is 5.69 Å². The summed E-state index contributed by atoms with van der Waals surface area (Å²) in [5, 5.41) is 10.2. The molecule has 2 rings (SSSR count). The van der Waals surface area contributed by atoms with Crippen LogP contribution < -0.4 is 4.90 Å². The Labute approximate surface area is 133 Å². The van der Waals surface area contributed by atoms with Crippen molar-refractivity contribution in [2.45, 2.75) is 45.4 Å². The summed E-state index contributed by atoms with van der Waals surface area (Å²) in [6, 6.07) is 4.26. The van der Waals surface area contributed by atoms with Gasteiger partial charge < -0.3 is 19.6 Å². The van der Waals surface area contributed by atoms with Crippen LogP contribution in [0, 0.1) is 0 Å². The molecule has 5 nitrogen and oxygen atoms in total. The maximum atomic E-state index is 10.2. The van der Waals surface area contributed by atoms with Crippen molar-refractivity contribution in [2.75, 3.05) is 38.7 Å². The molecular formula is C17H29N3O2. The van der Waals surface area contributed by atoms with Crippen LogP contribution in [0.2, 0.25) is 0 Å². The van der Waals surface area contributed by atoms with Crippen molar-refractivity contribution >= 4 is 5.69 Å². The standard InChI is InChI=1S/C17H29N3O2/c1-6-13-7-8-15(14(18-13)11-19(4)5)20-9-10-22-16(12-20)17(2,3)21/h7-8,16,21H,6,9-12H2,1-5H3. The molecule has 1 aliphatic heterocycles. The van der Waals surface area contributed by atoms with E-state index in [9.17, 15) is 5.11 Å². The van der Waals surface area contributed by atoms with Gasteiger partial charge in [0.05, 0.1) is 23.6 Å². The second-order valence-electron chi connectivity index (χ2n) is 6.82. The molecule has 0 bridgehead atoms. The largest absolute Gasteiger partial charge is 0.388 e. The van der Waals surface area contributed by atoms with Gasteiger partial charge in [-0.15, -0.1) is 0 Å². The molecule has 0 amide bonds. The average molecular weight is 307 g/mol. The van der Waals surface area contributed by atoms with Gasteiger partial charge in [0.15, 0.2) is 0 Å². The quantitative estimate of drug-likeness (QED) is 0.897. The first-order valence-corrected chi connectivity index (χ1v) is 8.03. The molecule has 1 N–H and O–H groups in total. The molecule has 1 aliphatic rings. The summed E-state index contributed by atoms with van der Waals surface area (Å²) >= 11 is 0. The van der Waals surface area contributed by atoms with Crippen LogP contribution in [0.15, 0.2) is 12.1 Å². The second kappa shape index (κ2) is 6.94. The maximum Gasteiger partial charge on any atom is 0.103 e. The predicted octanol–water partition coefficient (Wildman–Crippen LogP) is 1.68. The molecule has 0 aliphatic carbocycles. The Morgan fingerprint density at radius 1 is 1.41 bits per heavy atom. The van der Waals surface area contributed by atoms with Crippen LogP contribution in [0.25, 0.3) is 0 Å². The topological polar surface area (TPSA) is 48.8 Å². The van der Waals surface area contributed by atoms with Gasteiger partial charge in [-0.3, -0.25) is 4.98 Å². The summed E-state index contributed by atoms with van der Waals surface area (Å²) in [6.45, 7) is 8.71. The summed E-state index contributed by atoms with van der Waals surface area (Å²) in [4.78, 5) is 9.23. The van der Waals surface area contributed by atoms with E-state index in [1.165, 1.54) is 0 Å². The number of aliphatic hydroxyl groups is 1. The van der Waals surface area contributed by atoms with E-state index < -0.39 is 5.60 Å². The fourth-order valence-corrected chi connectivity index (χ4v) is 2.74. The Hall–Kier alpha value is -1.17. The molecule has 0 spiro atoms. The number of morpholine rings is 1. The fourth-order valence-electron chi connectivity index (χ4n) is 2.74. The van der Waals surface area contributed by atoms with Crippen molar-refractivity contribution in [3.63, 3.8) is 0 Å². The Bertz CT molecular complexity index is 497. The average Bonchev–Trinajstić information content (AvgIpc) is 2.45. The third kappa shape index (κ3) is 4.18. The normalized spacial score (nSPS) is 19.8. The van der Waals surface area contributed by atoms with Gasteiger partial charge in [-0.25, -0.2) is 0 Å². The molecule has 1 fully saturated rings. The van der Waals surface area contributed by atoms with Gasteiger partial charge in [-0.05, 0) is 46.5 Å². The smallest absolute Gasteiger partial charge is 0.103 e. The van der Waals surface area contributed by atoms with Gasteiger partial charge in [0.1, 0.15) is 6.10 Å². The minimum atomic E-state index is -0.836. The van der Waals surface area contributed by atoms with E-state index in [0.717, 1.165) is 36.6 Å². The molecule has 0 aromatic carbocycles. The Morgan fingerprint density at radius 3 is 2.73 bits per heavy atom. The van der Waals surface area contributed by atoms with Crippen LogP contribution in [0.1, 0.15) is 32.2 Å². The highest BCUT2D eigenvalue weighted by molar-refractivity contribution is 5.52. The van der Waals surface area contributed by atoms with Gasteiger partial charge in [-0.1, -0.05) is 6.92 Å². The first-order chi connectivity index (χ1) is 10.3. The zero-order chi connectivity index (χ0) is 16.3. The summed E-state index contributed by atoms with van der Waals surface area (Å²) in [6.07, 6.45) is 0.759. The molecule has 1 unspecified atom stereocenters. The van der Waals surface area contributed by atoms with Crippen molar-refractivity contribution in [1.82, 2.24) is 9.88 Å². The number of rotatable bonds is 5. The molecule has 22 heavy (non-hydrogen) atoms. The van der Waals surface area contributed by atoms with E-state index >= 15 is 0 Å². The van der Waals surface area contributed by atoms with Gasteiger partial charge in [-0.2, -0.15) is 0 Å². The first-order valence-electron chi connectivity index (χ1n) is 8.03.